The monoisotopic (exact) mass is 417 g/mol. The predicted molar refractivity (Wildman–Crippen MR) is 114 cm³/mol. The first-order chi connectivity index (χ1) is 13.3. The van der Waals surface area contributed by atoms with E-state index < -0.39 is 4.92 Å². The molecule has 3 rings (SSSR count). The molecule has 1 aliphatic rings. The third kappa shape index (κ3) is 3.43. The van der Waals surface area contributed by atoms with Gasteiger partial charge >= 0.3 is 0 Å². The second-order valence-corrected chi connectivity index (χ2v) is 7.88. The lowest BCUT2D eigenvalue weighted by atomic mass is 10.2. The standard InChI is InChI=1S/C19H19N3O4S2/c1-5-20-18(23)17(28-19(20)27)9-13-8-11(2)21(12(13)3)15-7-6-14(22(24)25)10-16(15)26-4/h6-10H,5H2,1-4H3/b17-9-. The van der Waals surface area contributed by atoms with Crippen molar-refractivity contribution in [2.75, 3.05) is 13.7 Å². The van der Waals surface area contributed by atoms with E-state index in [1.807, 2.05) is 37.5 Å². The molecule has 0 N–H and O–H groups in total. The van der Waals surface area contributed by atoms with Gasteiger partial charge in [0.2, 0.25) is 0 Å². The van der Waals surface area contributed by atoms with E-state index >= 15 is 0 Å². The van der Waals surface area contributed by atoms with Gasteiger partial charge in [-0.1, -0.05) is 24.0 Å². The van der Waals surface area contributed by atoms with E-state index in [0.29, 0.717) is 27.2 Å². The number of nitrogens with zero attached hydrogens (tertiary/aromatic N) is 3. The number of carbonyl (C=O) groups is 1. The molecular formula is C19H19N3O4S2. The van der Waals surface area contributed by atoms with Gasteiger partial charge in [-0.2, -0.15) is 0 Å². The predicted octanol–water partition coefficient (Wildman–Crippen LogP) is 4.23. The van der Waals surface area contributed by atoms with Crippen molar-refractivity contribution in [3.05, 3.63) is 56.2 Å². The van der Waals surface area contributed by atoms with Gasteiger partial charge in [0.25, 0.3) is 11.6 Å². The van der Waals surface area contributed by atoms with Crippen molar-refractivity contribution in [3.8, 4) is 11.4 Å². The molecule has 1 aromatic carbocycles. The molecule has 1 fully saturated rings. The number of rotatable bonds is 5. The first-order valence-electron chi connectivity index (χ1n) is 8.55. The van der Waals surface area contributed by atoms with Gasteiger partial charge in [-0.3, -0.25) is 19.8 Å². The first kappa shape index (κ1) is 20.1. The molecule has 2 heterocycles. The summed E-state index contributed by atoms with van der Waals surface area (Å²) in [7, 11) is 1.48. The number of aromatic nitrogens is 1. The Balaban J connectivity index is 2.07. The Bertz CT molecular complexity index is 1030. The van der Waals surface area contributed by atoms with Crippen molar-refractivity contribution in [2.24, 2.45) is 0 Å². The summed E-state index contributed by atoms with van der Waals surface area (Å²) < 4.78 is 7.89. The number of methoxy groups -OCH3 is 1. The summed E-state index contributed by atoms with van der Waals surface area (Å²) in [5.74, 6) is 0.315. The number of nitro groups is 1. The van der Waals surface area contributed by atoms with Crippen LogP contribution in [0.1, 0.15) is 23.9 Å². The van der Waals surface area contributed by atoms with Crippen LogP contribution in [0.5, 0.6) is 5.75 Å². The average molecular weight is 418 g/mol. The zero-order chi connectivity index (χ0) is 20.6. The minimum absolute atomic E-state index is 0.0356. The van der Waals surface area contributed by atoms with Crippen molar-refractivity contribution in [1.82, 2.24) is 9.47 Å². The summed E-state index contributed by atoms with van der Waals surface area (Å²) in [6, 6.07) is 6.48. The number of amides is 1. The van der Waals surface area contributed by atoms with Crippen LogP contribution in [0.2, 0.25) is 0 Å². The number of hydrogen-bond acceptors (Lipinski definition) is 6. The lowest BCUT2D eigenvalue weighted by Crippen LogP contribution is -2.27. The van der Waals surface area contributed by atoms with E-state index in [0.717, 1.165) is 17.0 Å². The number of nitro benzene ring substituents is 1. The average Bonchev–Trinajstić information content (AvgIpc) is 3.09. The van der Waals surface area contributed by atoms with Crippen molar-refractivity contribution >= 4 is 46.0 Å². The van der Waals surface area contributed by atoms with Gasteiger partial charge < -0.3 is 9.30 Å². The number of ether oxygens (including phenoxy) is 1. The van der Waals surface area contributed by atoms with E-state index in [9.17, 15) is 14.9 Å². The number of aryl methyl sites for hydroxylation is 1. The smallest absolute Gasteiger partial charge is 0.273 e. The van der Waals surface area contributed by atoms with Crippen molar-refractivity contribution < 1.29 is 14.5 Å². The van der Waals surface area contributed by atoms with Crippen LogP contribution >= 0.6 is 24.0 Å². The summed E-state index contributed by atoms with van der Waals surface area (Å²) >= 11 is 6.56. The molecule has 0 spiro atoms. The molecule has 0 bridgehead atoms. The highest BCUT2D eigenvalue weighted by molar-refractivity contribution is 8.26. The fraction of sp³-hybridized carbons (Fsp3) is 0.263. The summed E-state index contributed by atoms with van der Waals surface area (Å²) in [6.45, 7) is 6.30. The zero-order valence-corrected chi connectivity index (χ0v) is 17.5. The molecule has 1 aliphatic heterocycles. The second kappa shape index (κ2) is 7.76. The van der Waals surface area contributed by atoms with E-state index in [2.05, 4.69) is 0 Å². The normalized spacial score (nSPS) is 15.6. The SMILES string of the molecule is CCN1C(=O)/C(=C/c2cc(C)n(-c3ccc([N+](=O)[O-])cc3OC)c2C)SC1=S. The quantitative estimate of drug-likeness (QED) is 0.314. The highest BCUT2D eigenvalue weighted by atomic mass is 32.2. The van der Waals surface area contributed by atoms with Crippen LogP contribution in [-0.4, -0.2) is 38.3 Å². The Hall–Kier alpha value is -2.65. The maximum atomic E-state index is 12.5. The van der Waals surface area contributed by atoms with Gasteiger partial charge in [-0.15, -0.1) is 0 Å². The summed E-state index contributed by atoms with van der Waals surface area (Å²) in [5, 5.41) is 11.0. The van der Waals surface area contributed by atoms with E-state index in [4.69, 9.17) is 17.0 Å². The highest BCUT2D eigenvalue weighted by Gasteiger charge is 2.31. The van der Waals surface area contributed by atoms with E-state index in [-0.39, 0.29) is 11.6 Å². The summed E-state index contributed by atoms with van der Waals surface area (Å²) in [6.07, 6.45) is 1.84. The lowest BCUT2D eigenvalue weighted by Gasteiger charge is -2.14. The number of hydrogen-bond donors (Lipinski definition) is 0. The molecule has 2 aromatic rings. The van der Waals surface area contributed by atoms with Crippen molar-refractivity contribution in [3.63, 3.8) is 0 Å². The minimum Gasteiger partial charge on any atom is -0.494 e. The van der Waals surface area contributed by atoms with Gasteiger partial charge in [0.1, 0.15) is 10.1 Å². The first-order valence-corrected chi connectivity index (χ1v) is 9.78. The molecule has 0 atom stereocenters. The largest absolute Gasteiger partial charge is 0.494 e. The molecule has 7 nitrogen and oxygen atoms in total. The Labute approximate surface area is 172 Å². The van der Waals surface area contributed by atoms with Crippen LogP contribution in [0.3, 0.4) is 0 Å². The summed E-state index contributed by atoms with van der Waals surface area (Å²) in [5.41, 5.74) is 3.36. The molecule has 0 radical (unpaired) electrons. The van der Waals surface area contributed by atoms with Gasteiger partial charge in [0.15, 0.2) is 0 Å². The van der Waals surface area contributed by atoms with Crippen LogP contribution < -0.4 is 4.74 Å². The topological polar surface area (TPSA) is 77.6 Å². The molecule has 146 valence electrons. The summed E-state index contributed by atoms with van der Waals surface area (Å²) in [4.78, 5) is 25.2. The maximum Gasteiger partial charge on any atom is 0.273 e. The Morgan fingerprint density at radius 1 is 1.32 bits per heavy atom. The lowest BCUT2D eigenvalue weighted by molar-refractivity contribution is -0.384. The molecular weight excluding hydrogens is 398 g/mol. The zero-order valence-electron chi connectivity index (χ0n) is 15.9. The van der Waals surface area contributed by atoms with E-state index in [1.165, 1.54) is 31.0 Å². The number of benzene rings is 1. The van der Waals surface area contributed by atoms with Crippen LogP contribution in [-0.2, 0) is 4.79 Å². The number of non-ortho nitro benzene ring substituents is 1. The van der Waals surface area contributed by atoms with Crippen molar-refractivity contribution in [2.45, 2.75) is 20.8 Å². The van der Waals surface area contributed by atoms with Crippen molar-refractivity contribution in [1.29, 1.82) is 0 Å². The third-order valence-corrected chi connectivity index (χ3v) is 5.94. The van der Waals surface area contributed by atoms with Gasteiger partial charge in [-0.05, 0) is 44.5 Å². The number of carbonyl (C=O) groups excluding carboxylic acids is 1. The van der Waals surface area contributed by atoms with Crippen LogP contribution in [0.15, 0.2) is 29.2 Å². The van der Waals surface area contributed by atoms with Crippen LogP contribution in [0.4, 0.5) is 5.69 Å². The molecule has 0 saturated carbocycles. The number of thioether (sulfide) groups is 1. The Kier molecular flexibility index (Phi) is 5.57. The van der Waals surface area contributed by atoms with Crippen LogP contribution in [0, 0.1) is 24.0 Å². The fourth-order valence-electron chi connectivity index (χ4n) is 3.18. The highest BCUT2D eigenvalue weighted by Crippen LogP contribution is 2.35. The van der Waals surface area contributed by atoms with Gasteiger partial charge in [0, 0.05) is 24.0 Å². The fourth-order valence-corrected chi connectivity index (χ4v) is 4.56. The Morgan fingerprint density at radius 2 is 2.04 bits per heavy atom. The molecule has 1 saturated heterocycles. The molecule has 9 heteroatoms. The molecule has 28 heavy (non-hydrogen) atoms. The van der Waals surface area contributed by atoms with Crippen LogP contribution in [0.25, 0.3) is 11.8 Å². The third-order valence-electron chi connectivity index (χ3n) is 4.56. The maximum absolute atomic E-state index is 12.5. The van der Waals surface area contributed by atoms with Gasteiger partial charge in [-0.25, -0.2) is 0 Å². The van der Waals surface area contributed by atoms with Gasteiger partial charge in [0.05, 0.1) is 28.7 Å². The molecule has 0 aliphatic carbocycles. The number of likely N-dealkylation sites (N-methyl/N-ethyl adjacent to an activating group) is 1. The second-order valence-electron chi connectivity index (χ2n) is 6.20. The Morgan fingerprint density at radius 3 is 2.61 bits per heavy atom. The molecule has 1 amide bonds. The van der Waals surface area contributed by atoms with E-state index in [1.54, 1.807) is 11.0 Å². The minimum atomic E-state index is -0.456. The number of thiocarbonyl (C=S) groups is 1. The molecule has 1 aromatic heterocycles. The molecule has 0 unspecified atom stereocenters.